The minimum absolute atomic E-state index is 0.00671. The second-order valence-electron chi connectivity index (χ2n) is 13.8. The van der Waals surface area contributed by atoms with E-state index in [-0.39, 0.29) is 43.3 Å². The lowest BCUT2D eigenvalue weighted by Gasteiger charge is -2.33. The van der Waals surface area contributed by atoms with Crippen LogP contribution in [0, 0.1) is 5.92 Å². The van der Waals surface area contributed by atoms with Crippen molar-refractivity contribution in [2.45, 2.75) is 69.1 Å². The second kappa shape index (κ2) is 13.6. The lowest BCUT2D eigenvalue weighted by molar-refractivity contribution is -0.150. The third kappa shape index (κ3) is 6.34. The molecule has 1 spiro atoms. The summed E-state index contributed by atoms with van der Waals surface area (Å²) >= 11 is 0. The Morgan fingerprint density at radius 1 is 1.04 bits per heavy atom. The van der Waals surface area contributed by atoms with Crippen LogP contribution in [0.25, 0.3) is 0 Å². The van der Waals surface area contributed by atoms with Crippen molar-refractivity contribution in [3.05, 3.63) is 83.4 Å². The normalized spacial score (nSPS) is 24.8. The molecule has 3 amide bonds. The maximum absolute atomic E-state index is 14.8. The van der Waals surface area contributed by atoms with Gasteiger partial charge in [-0.2, -0.15) is 0 Å². The highest BCUT2D eigenvalue weighted by atomic mass is 28.4. The number of hydrogen-bond donors (Lipinski definition) is 3. The summed E-state index contributed by atoms with van der Waals surface area (Å²) in [5.74, 6) is 0.0672. The number of hydrogen-bond acceptors (Lipinski definition) is 8. The van der Waals surface area contributed by atoms with Gasteiger partial charge in [-0.05, 0) is 86.1 Å². The zero-order valence-electron chi connectivity index (χ0n) is 28.6. The number of likely N-dealkylation sites (tertiary alicyclic amines) is 1. The number of benzene rings is 3. The van der Waals surface area contributed by atoms with Gasteiger partial charge in [-0.3, -0.25) is 14.4 Å². The van der Waals surface area contributed by atoms with E-state index in [0.717, 1.165) is 18.4 Å². The van der Waals surface area contributed by atoms with E-state index < -0.39 is 31.5 Å². The first kappa shape index (κ1) is 34.6. The topological polar surface area (TPSA) is 138 Å². The van der Waals surface area contributed by atoms with E-state index >= 15 is 0 Å². The number of anilines is 2. The van der Waals surface area contributed by atoms with Crippen molar-refractivity contribution in [3.63, 3.8) is 0 Å². The number of nitrogens with one attached hydrogen (secondary N) is 1. The summed E-state index contributed by atoms with van der Waals surface area (Å²) in [7, 11) is 0.137. The Morgan fingerprint density at radius 2 is 1.76 bits per heavy atom. The molecule has 6 rings (SSSR count). The molecule has 3 aliphatic rings. The summed E-state index contributed by atoms with van der Waals surface area (Å²) in [6, 6.07) is 19.4. The maximum Gasteiger partial charge on any atom is 0.264 e. The molecule has 5 atom stereocenters. The van der Waals surface area contributed by atoms with E-state index in [1.54, 1.807) is 60.4 Å². The van der Waals surface area contributed by atoms with Crippen molar-refractivity contribution in [1.29, 1.82) is 0 Å². The smallest absolute Gasteiger partial charge is 0.264 e. The van der Waals surface area contributed by atoms with Crippen LogP contribution < -0.4 is 19.7 Å². The van der Waals surface area contributed by atoms with Crippen LogP contribution in [0.3, 0.4) is 0 Å². The quantitative estimate of drug-likeness (QED) is 0.262. The highest BCUT2D eigenvalue weighted by molar-refractivity contribution is 6.71. The molecular formula is C37H45N3O8Si. The molecule has 3 N–H and O–H groups in total. The monoisotopic (exact) mass is 687 g/mol. The van der Waals surface area contributed by atoms with E-state index in [1.165, 1.54) is 0 Å². The van der Waals surface area contributed by atoms with Crippen molar-refractivity contribution in [3.8, 4) is 11.5 Å². The fraction of sp³-hybridized carbons (Fsp3) is 0.432. The first-order valence-electron chi connectivity index (χ1n) is 16.8. The van der Waals surface area contributed by atoms with Crippen LogP contribution in [0.4, 0.5) is 11.4 Å². The van der Waals surface area contributed by atoms with Crippen molar-refractivity contribution < 1.29 is 38.5 Å². The summed E-state index contributed by atoms with van der Waals surface area (Å²) in [5, 5.41) is 12.8. The third-order valence-corrected chi connectivity index (χ3v) is 12.9. The van der Waals surface area contributed by atoms with Gasteiger partial charge < -0.3 is 39.2 Å². The zero-order chi connectivity index (χ0) is 35.1. The molecule has 0 aromatic heterocycles. The van der Waals surface area contributed by atoms with Gasteiger partial charge in [-0.25, -0.2) is 0 Å². The maximum atomic E-state index is 14.8. The molecule has 2 saturated heterocycles. The van der Waals surface area contributed by atoms with Gasteiger partial charge in [0.1, 0.15) is 11.5 Å². The Balaban J connectivity index is 1.31. The number of aliphatic hydroxyl groups is 1. The average molecular weight is 688 g/mol. The fourth-order valence-electron chi connectivity index (χ4n) is 8.06. The molecule has 0 aliphatic carbocycles. The summed E-state index contributed by atoms with van der Waals surface area (Å²) in [6.07, 6.45) is 0.866. The van der Waals surface area contributed by atoms with Gasteiger partial charge in [0.2, 0.25) is 5.91 Å². The highest BCUT2D eigenvalue weighted by Crippen LogP contribution is 2.60. The Bertz CT molecular complexity index is 1730. The van der Waals surface area contributed by atoms with Gasteiger partial charge in [-0.15, -0.1) is 0 Å². The number of fused-ring (bicyclic) bond motifs is 2. The summed E-state index contributed by atoms with van der Waals surface area (Å²) in [4.78, 5) is 56.5. The first-order chi connectivity index (χ1) is 23.4. The SMILES string of the molecule is COc1ccc(C(=O)Nc2cccc(CN3C(=O)[C@@]4(O[C@@H](CC(=O)N5CCC[C@H]5CO)[C@H]([Si](C)(C)O)[C@H]4C)c4cc(OC)ccc43)c2)cc1. The lowest BCUT2D eigenvalue weighted by Crippen LogP contribution is -2.46. The van der Waals surface area contributed by atoms with Crippen LogP contribution in [0.1, 0.15) is 47.7 Å². The molecule has 260 valence electrons. The van der Waals surface area contributed by atoms with Gasteiger partial charge in [0.05, 0.1) is 51.6 Å². The number of carbonyl (C=O) groups is 3. The van der Waals surface area contributed by atoms with E-state index in [4.69, 9.17) is 14.2 Å². The van der Waals surface area contributed by atoms with E-state index in [2.05, 4.69) is 5.32 Å². The Labute approximate surface area is 287 Å². The number of ether oxygens (including phenoxy) is 3. The van der Waals surface area contributed by atoms with E-state index in [1.807, 2.05) is 50.3 Å². The number of carbonyl (C=O) groups excluding carboxylic acids is 3. The molecule has 0 bridgehead atoms. The predicted molar refractivity (Wildman–Crippen MR) is 187 cm³/mol. The number of nitrogens with zero attached hydrogens (tertiary/aromatic N) is 2. The first-order valence-corrected chi connectivity index (χ1v) is 19.8. The van der Waals surface area contributed by atoms with Crippen LogP contribution in [0.2, 0.25) is 18.6 Å². The Morgan fingerprint density at radius 3 is 2.43 bits per heavy atom. The van der Waals surface area contributed by atoms with Crippen molar-refractivity contribution in [2.75, 3.05) is 37.6 Å². The average Bonchev–Trinajstić information content (AvgIpc) is 3.75. The molecule has 3 aromatic carbocycles. The van der Waals surface area contributed by atoms with Crippen molar-refractivity contribution >= 4 is 37.4 Å². The van der Waals surface area contributed by atoms with Crippen LogP contribution >= 0.6 is 0 Å². The van der Waals surface area contributed by atoms with Gasteiger partial charge in [-0.1, -0.05) is 19.1 Å². The largest absolute Gasteiger partial charge is 0.497 e. The summed E-state index contributed by atoms with van der Waals surface area (Å²) in [6.45, 7) is 6.25. The molecule has 49 heavy (non-hydrogen) atoms. The number of aliphatic hydroxyl groups excluding tert-OH is 1. The molecule has 0 saturated carbocycles. The van der Waals surface area contributed by atoms with Gasteiger partial charge >= 0.3 is 0 Å². The molecule has 12 heteroatoms. The predicted octanol–water partition coefficient (Wildman–Crippen LogP) is 4.67. The number of methoxy groups -OCH3 is 2. The van der Waals surface area contributed by atoms with Crippen molar-refractivity contribution in [2.24, 2.45) is 5.92 Å². The lowest BCUT2D eigenvalue weighted by atomic mass is 9.82. The fourth-order valence-corrected chi connectivity index (χ4v) is 10.6. The zero-order valence-corrected chi connectivity index (χ0v) is 29.6. The molecule has 11 nitrogen and oxygen atoms in total. The number of rotatable bonds is 10. The third-order valence-electron chi connectivity index (χ3n) is 10.4. The minimum Gasteiger partial charge on any atom is -0.497 e. The van der Waals surface area contributed by atoms with E-state index in [9.17, 15) is 24.3 Å². The molecule has 3 heterocycles. The minimum atomic E-state index is -3.00. The molecule has 0 unspecified atom stereocenters. The molecule has 0 radical (unpaired) electrons. The second-order valence-corrected chi connectivity index (χ2v) is 17.8. The Hall–Kier alpha value is -4.23. The standard InChI is InChI=1S/C37H45N3O8Si/c1-23-34(49(4,5)45)32(20-33(42)39-17-7-10-27(39)22-41)48-37(23)30-19-29(47-3)15-16-31(30)40(36(37)44)21-24-8-6-9-26(18-24)38-35(43)25-11-13-28(46-2)14-12-25/h6,8-9,11-16,18-19,23,27,32,34,41,45H,7,10,17,20-22H2,1-5H3,(H,38,43)/t23-,27+,32+,34-,37+/m1/s1. The van der Waals surface area contributed by atoms with Gasteiger partial charge in [0.25, 0.3) is 11.8 Å². The molecule has 3 aromatic rings. The van der Waals surface area contributed by atoms with E-state index in [0.29, 0.717) is 40.5 Å². The van der Waals surface area contributed by atoms with Crippen LogP contribution in [0.5, 0.6) is 11.5 Å². The summed E-state index contributed by atoms with van der Waals surface area (Å²) < 4.78 is 17.6. The van der Waals surface area contributed by atoms with Gasteiger partial charge in [0.15, 0.2) is 13.9 Å². The summed E-state index contributed by atoms with van der Waals surface area (Å²) in [5.41, 5.74) is 1.27. The highest BCUT2D eigenvalue weighted by Gasteiger charge is 2.66. The molecule has 2 fully saturated rings. The Kier molecular flexibility index (Phi) is 9.60. The van der Waals surface area contributed by atoms with Crippen LogP contribution in [-0.2, 0) is 26.5 Å². The molecular weight excluding hydrogens is 643 g/mol. The number of amides is 3. The van der Waals surface area contributed by atoms with Crippen LogP contribution in [-0.4, -0.2) is 80.4 Å². The van der Waals surface area contributed by atoms with Crippen molar-refractivity contribution in [1.82, 2.24) is 4.90 Å². The molecule has 3 aliphatic heterocycles. The van der Waals surface area contributed by atoms with Gasteiger partial charge in [0, 0.05) is 34.8 Å². The van der Waals surface area contributed by atoms with Crippen LogP contribution in [0.15, 0.2) is 66.7 Å².